The van der Waals surface area contributed by atoms with Crippen molar-refractivity contribution in [1.82, 2.24) is 14.1 Å². The van der Waals surface area contributed by atoms with E-state index in [0.717, 1.165) is 32.5 Å². The third-order valence-corrected chi connectivity index (χ3v) is 6.91. The summed E-state index contributed by atoms with van der Waals surface area (Å²) < 4.78 is 17.0. The minimum Gasteiger partial charge on any atom is -0.322 e. The molecule has 10 heteroatoms. The predicted molar refractivity (Wildman–Crippen MR) is 126 cm³/mol. The van der Waals surface area contributed by atoms with E-state index in [4.69, 9.17) is 0 Å². The van der Waals surface area contributed by atoms with Gasteiger partial charge in [0.25, 0.3) is 5.56 Å². The van der Waals surface area contributed by atoms with Gasteiger partial charge in [-0.1, -0.05) is 43.0 Å². The lowest BCUT2D eigenvalue weighted by Gasteiger charge is -2.12. The van der Waals surface area contributed by atoms with Crippen LogP contribution in [0.25, 0.3) is 16.0 Å². The van der Waals surface area contributed by atoms with Crippen molar-refractivity contribution in [2.24, 2.45) is 0 Å². The Kier molecular flexibility index (Phi) is 6.24. The number of para-hydroxylation sites is 1. The van der Waals surface area contributed by atoms with Gasteiger partial charge in [-0.2, -0.15) is 0 Å². The average Bonchev–Trinajstić information content (AvgIpc) is 3.24. The second kappa shape index (κ2) is 9.09. The van der Waals surface area contributed by atoms with Crippen molar-refractivity contribution in [1.29, 1.82) is 0 Å². The number of carbonyl (C=O) groups is 1. The third kappa shape index (κ3) is 4.11. The molecule has 4 aromatic rings. The van der Waals surface area contributed by atoms with Crippen LogP contribution >= 0.6 is 23.1 Å². The number of amides is 1. The Balaban J connectivity index is 1.84. The number of fused-ring (bicyclic) bond motifs is 1. The quantitative estimate of drug-likeness (QED) is 0.435. The molecule has 4 rings (SSSR count). The largest absolute Gasteiger partial charge is 0.337 e. The Morgan fingerprint density at radius 1 is 1.16 bits per heavy atom. The number of carbonyl (C=O) groups excluding carboxylic acids is 1. The zero-order valence-corrected chi connectivity index (χ0v) is 18.9. The number of benzene rings is 2. The number of hydrogen-bond acceptors (Lipinski definition) is 6. The fourth-order valence-electron chi connectivity index (χ4n) is 3.25. The van der Waals surface area contributed by atoms with Crippen LogP contribution in [0.2, 0.25) is 0 Å². The summed E-state index contributed by atoms with van der Waals surface area (Å²) in [5.74, 6) is -1.19. The Bertz CT molecular complexity index is 1420. The number of hydrogen-bond donors (Lipinski definition) is 1. The second-order valence-corrected chi connectivity index (χ2v) is 8.95. The van der Waals surface area contributed by atoms with Gasteiger partial charge >= 0.3 is 5.69 Å². The average molecular weight is 471 g/mol. The van der Waals surface area contributed by atoms with Gasteiger partial charge in [0.15, 0.2) is 9.99 Å². The van der Waals surface area contributed by atoms with Gasteiger partial charge in [0.05, 0.1) is 11.4 Å². The third-order valence-electron chi connectivity index (χ3n) is 4.89. The van der Waals surface area contributed by atoms with Crippen molar-refractivity contribution in [2.45, 2.75) is 24.2 Å². The highest BCUT2D eigenvalue weighted by Crippen LogP contribution is 2.25. The number of halogens is 1. The molecule has 32 heavy (non-hydrogen) atoms. The highest BCUT2D eigenvalue weighted by atomic mass is 32.2. The summed E-state index contributed by atoms with van der Waals surface area (Å²) in [7, 11) is 0. The van der Waals surface area contributed by atoms with Gasteiger partial charge in [-0.05, 0) is 42.5 Å². The maximum Gasteiger partial charge on any atom is 0.337 e. The summed E-state index contributed by atoms with van der Waals surface area (Å²) in [6.45, 7) is 1.59. The van der Waals surface area contributed by atoms with E-state index in [0.29, 0.717) is 10.0 Å². The van der Waals surface area contributed by atoms with Crippen LogP contribution in [-0.2, 0) is 17.8 Å². The molecule has 1 amide bonds. The summed E-state index contributed by atoms with van der Waals surface area (Å²) in [6.07, 6.45) is 2.63. The summed E-state index contributed by atoms with van der Waals surface area (Å²) in [4.78, 5) is 43.5. The highest BCUT2D eigenvalue weighted by Gasteiger charge is 2.21. The second-order valence-electron chi connectivity index (χ2n) is 6.89. The molecule has 0 aliphatic carbocycles. The first kappa shape index (κ1) is 22.0. The number of thiazole rings is 1. The number of anilines is 1. The SMILES string of the molecule is CCc1ccc(-n2c(=O)c3sc(SC)nc3n(CC(=O)Nc3ccccc3F)c2=O)cc1. The lowest BCUT2D eigenvalue weighted by atomic mass is 10.1. The minimum absolute atomic E-state index is 0.00773. The number of nitrogens with one attached hydrogen (secondary N) is 1. The molecular weight excluding hydrogens is 451 g/mol. The van der Waals surface area contributed by atoms with Crippen LogP contribution in [0.5, 0.6) is 0 Å². The van der Waals surface area contributed by atoms with Crippen molar-refractivity contribution in [3.63, 3.8) is 0 Å². The molecule has 164 valence electrons. The smallest absolute Gasteiger partial charge is 0.322 e. The molecular formula is C22H19FN4O3S2. The summed E-state index contributed by atoms with van der Waals surface area (Å²) >= 11 is 2.51. The maximum atomic E-state index is 13.9. The number of nitrogens with zero attached hydrogens (tertiary/aromatic N) is 3. The highest BCUT2D eigenvalue weighted by molar-refractivity contribution is 8.00. The van der Waals surface area contributed by atoms with E-state index in [-0.39, 0.29) is 16.0 Å². The van der Waals surface area contributed by atoms with E-state index in [9.17, 15) is 18.8 Å². The van der Waals surface area contributed by atoms with Gasteiger partial charge in [0, 0.05) is 0 Å². The van der Waals surface area contributed by atoms with Gasteiger partial charge in [-0.15, -0.1) is 11.3 Å². The molecule has 0 spiro atoms. The van der Waals surface area contributed by atoms with Crippen LogP contribution < -0.4 is 16.6 Å². The van der Waals surface area contributed by atoms with Crippen LogP contribution in [-0.4, -0.2) is 26.3 Å². The molecule has 0 radical (unpaired) electrons. The molecule has 2 aromatic carbocycles. The van der Waals surface area contributed by atoms with E-state index >= 15 is 0 Å². The Labute approximate surface area is 190 Å². The fraction of sp³-hybridized carbons (Fsp3) is 0.182. The first-order valence-corrected chi connectivity index (χ1v) is 11.8. The van der Waals surface area contributed by atoms with Crippen LogP contribution in [0.15, 0.2) is 62.5 Å². The first-order chi connectivity index (χ1) is 15.4. The van der Waals surface area contributed by atoms with Gasteiger partial charge in [0.2, 0.25) is 5.91 Å². The molecule has 0 saturated carbocycles. The molecule has 2 heterocycles. The number of thioether (sulfide) groups is 1. The lowest BCUT2D eigenvalue weighted by molar-refractivity contribution is -0.116. The molecule has 0 saturated heterocycles. The Morgan fingerprint density at radius 3 is 2.53 bits per heavy atom. The Morgan fingerprint density at radius 2 is 1.88 bits per heavy atom. The zero-order valence-electron chi connectivity index (χ0n) is 17.3. The van der Waals surface area contributed by atoms with Gasteiger partial charge in [-0.3, -0.25) is 14.2 Å². The minimum atomic E-state index is -0.687. The number of rotatable bonds is 6. The molecule has 0 aliphatic heterocycles. The summed E-state index contributed by atoms with van der Waals surface area (Å²) in [6, 6.07) is 12.9. The summed E-state index contributed by atoms with van der Waals surface area (Å²) in [5, 5.41) is 2.47. The number of aromatic nitrogens is 3. The van der Waals surface area contributed by atoms with Gasteiger partial charge in [0.1, 0.15) is 17.1 Å². The molecule has 0 unspecified atom stereocenters. The molecule has 0 atom stereocenters. The zero-order chi connectivity index (χ0) is 22.8. The summed E-state index contributed by atoms with van der Waals surface area (Å²) in [5.41, 5.74) is 0.440. The van der Waals surface area contributed by atoms with Gasteiger partial charge < -0.3 is 5.32 Å². The molecule has 0 fully saturated rings. The van der Waals surface area contributed by atoms with E-state index in [1.807, 2.05) is 25.3 Å². The molecule has 0 aliphatic rings. The predicted octanol–water partition coefficient (Wildman–Crippen LogP) is 3.67. The van der Waals surface area contributed by atoms with Crippen LogP contribution in [0, 0.1) is 5.82 Å². The number of aryl methyl sites for hydroxylation is 1. The molecule has 0 bridgehead atoms. The van der Waals surface area contributed by atoms with E-state index in [2.05, 4.69) is 10.3 Å². The molecule has 7 nitrogen and oxygen atoms in total. The molecule has 1 N–H and O–H groups in total. The van der Waals surface area contributed by atoms with Crippen molar-refractivity contribution >= 4 is 45.0 Å². The topological polar surface area (TPSA) is 86.0 Å². The van der Waals surface area contributed by atoms with Gasteiger partial charge in [-0.25, -0.2) is 18.7 Å². The maximum absolute atomic E-state index is 13.9. The van der Waals surface area contributed by atoms with Crippen molar-refractivity contribution in [2.75, 3.05) is 11.6 Å². The van der Waals surface area contributed by atoms with Crippen LogP contribution in [0.1, 0.15) is 12.5 Å². The fourth-order valence-corrected chi connectivity index (χ4v) is 4.74. The lowest BCUT2D eigenvalue weighted by Crippen LogP contribution is -2.40. The van der Waals surface area contributed by atoms with Crippen molar-refractivity contribution < 1.29 is 9.18 Å². The van der Waals surface area contributed by atoms with Crippen LogP contribution in [0.4, 0.5) is 10.1 Å². The van der Waals surface area contributed by atoms with Crippen LogP contribution in [0.3, 0.4) is 0 Å². The van der Waals surface area contributed by atoms with E-state index in [1.54, 1.807) is 18.2 Å². The normalized spacial score (nSPS) is 11.1. The molecule has 2 aromatic heterocycles. The monoisotopic (exact) mass is 470 g/mol. The van der Waals surface area contributed by atoms with Crippen molar-refractivity contribution in [3.8, 4) is 5.69 Å². The first-order valence-electron chi connectivity index (χ1n) is 9.77. The van der Waals surface area contributed by atoms with E-state index < -0.39 is 29.5 Å². The van der Waals surface area contributed by atoms with Crippen molar-refractivity contribution in [3.05, 3.63) is 80.7 Å². The Hall–Kier alpha value is -3.24. The van der Waals surface area contributed by atoms with E-state index in [1.165, 1.54) is 30.0 Å². The standard InChI is InChI=1S/C22H19FN4O3S2/c1-3-13-8-10-14(11-9-13)27-20(29)18-19(25-21(31-2)32-18)26(22(27)30)12-17(28)24-16-7-5-4-6-15(16)23/h4-11H,3,12H2,1-2H3,(H,24,28).